The Bertz CT molecular complexity index is 676. The van der Waals surface area contributed by atoms with E-state index in [0.717, 1.165) is 13.0 Å². The van der Waals surface area contributed by atoms with Gasteiger partial charge < -0.3 is 10.2 Å². The molecule has 0 saturated carbocycles. The summed E-state index contributed by atoms with van der Waals surface area (Å²) in [6, 6.07) is 2.55. The molecule has 21 heavy (non-hydrogen) atoms. The zero-order valence-electron chi connectivity index (χ0n) is 11.8. The number of halogens is 1. The van der Waals surface area contributed by atoms with Gasteiger partial charge in [0.1, 0.15) is 11.3 Å². The van der Waals surface area contributed by atoms with E-state index in [1.54, 1.807) is 4.90 Å². The molecule has 1 aliphatic rings. The summed E-state index contributed by atoms with van der Waals surface area (Å²) < 4.78 is 13.7. The summed E-state index contributed by atoms with van der Waals surface area (Å²) in [5.41, 5.74) is 1.16. The van der Waals surface area contributed by atoms with E-state index < -0.39 is 5.82 Å². The van der Waals surface area contributed by atoms with Crippen molar-refractivity contribution in [2.24, 2.45) is 5.92 Å². The Morgan fingerprint density at radius 3 is 3.05 bits per heavy atom. The van der Waals surface area contributed by atoms with E-state index in [1.165, 1.54) is 24.5 Å². The van der Waals surface area contributed by atoms with Crippen LogP contribution in [0.1, 0.15) is 16.8 Å². The molecule has 0 unspecified atom stereocenters. The highest BCUT2D eigenvalue weighted by Gasteiger charge is 2.28. The minimum atomic E-state index is -0.461. The highest BCUT2D eigenvalue weighted by Crippen LogP contribution is 2.22. The van der Waals surface area contributed by atoms with Crippen LogP contribution in [0.4, 0.5) is 4.39 Å². The number of rotatable bonds is 3. The summed E-state index contributed by atoms with van der Waals surface area (Å²) in [6.07, 6.45) is 3.98. The average molecular weight is 288 g/mol. The van der Waals surface area contributed by atoms with Gasteiger partial charge in [0.05, 0.1) is 11.1 Å². The summed E-state index contributed by atoms with van der Waals surface area (Å²) in [4.78, 5) is 22.7. The molecule has 1 fully saturated rings. The van der Waals surface area contributed by atoms with E-state index >= 15 is 0 Å². The fraction of sp³-hybridized carbons (Fsp3) is 0.400. The summed E-state index contributed by atoms with van der Waals surface area (Å²) in [5, 5.41) is 3.13. The molecule has 110 valence electrons. The molecule has 1 N–H and O–H groups in total. The number of hydrogen-bond donors (Lipinski definition) is 1. The van der Waals surface area contributed by atoms with Gasteiger partial charge in [-0.2, -0.15) is 0 Å². The predicted molar refractivity (Wildman–Crippen MR) is 77.4 cm³/mol. The fourth-order valence-corrected chi connectivity index (χ4v) is 2.85. The second kappa shape index (κ2) is 5.73. The van der Waals surface area contributed by atoms with E-state index in [2.05, 4.69) is 15.3 Å². The van der Waals surface area contributed by atoms with Crippen LogP contribution in [-0.2, 0) is 0 Å². The number of aromatic nitrogens is 2. The maximum Gasteiger partial charge on any atom is 0.256 e. The Morgan fingerprint density at radius 1 is 1.43 bits per heavy atom. The van der Waals surface area contributed by atoms with Crippen molar-refractivity contribution in [3.8, 4) is 0 Å². The lowest BCUT2D eigenvalue weighted by Gasteiger charge is -2.17. The van der Waals surface area contributed by atoms with E-state index in [-0.39, 0.29) is 5.91 Å². The molecule has 1 aromatic carbocycles. The first kappa shape index (κ1) is 13.9. The molecule has 6 heteroatoms. The Kier molecular flexibility index (Phi) is 3.79. The predicted octanol–water partition coefficient (Wildman–Crippen LogP) is 1.45. The van der Waals surface area contributed by atoms with Crippen LogP contribution < -0.4 is 5.32 Å². The van der Waals surface area contributed by atoms with Crippen LogP contribution in [0.5, 0.6) is 0 Å². The molecule has 3 rings (SSSR count). The highest BCUT2D eigenvalue weighted by atomic mass is 19.1. The molecule has 1 aliphatic heterocycles. The molecular formula is C15H17FN4O. The van der Waals surface area contributed by atoms with Crippen molar-refractivity contribution < 1.29 is 9.18 Å². The van der Waals surface area contributed by atoms with Crippen molar-refractivity contribution in [3.63, 3.8) is 0 Å². The first-order valence-corrected chi connectivity index (χ1v) is 7.03. The smallest absolute Gasteiger partial charge is 0.256 e. The lowest BCUT2D eigenvalue weighted by Crippen LogP contribution is -2.30. The number of likely N-dealkylation sites (tertiary alicyclic amines) is 1. The number of nitrogens with zero attached hydrogens (tertiary/aromatic N) is 3. The van der Waals surface area contributed by atoms with E-state index in [1.807, 2.05) is 7.05 Å². The first-order valence-electron chi connectivity index (χ1n) is 7.03. The first-order chi connectivity index (χ1) is 10.2. The minimum Gasteiger partial charge on any atom is -0.338 e. The van der Waals surface area contributed by atoms with Crippen LogP contribution >= 0.6 is 0 Å². The molecule has 0 aliphatic carbocycles. The fourth-order valence-electron chi connectivity index (χ4n) is 2.85. The van der Waals surface area contributed by atoms with Crippen molar-refractivity contribution in [3.05, 3.63) is 35.9 Å². The van der Waals surface area contributed by atoms with Crippen molar-refractivity contribution in [2.45, 2.75) is 6.42 Å². The van der Waals surface area contributed by atoms with Crippen LogP contribution in [0.25, 0.3) is 11.0 Å². The molecule has 1 atom stereocenters. The van der Waals surface area contributed by atoms with Gasteiger partial charge in [-0.05, 0) is 32.0 Å². The molecule has 0 radical (unpaired) electrons. The normalized spacial score (nSPS) is 18.4. The number of benzene rings is 1. The van der Waals surface area contributed by atoms with Gasteiger partial charge in [0.25, 0.3) is 5.91 Å². The van der Waals surface area contributed by atoms with Gasteiger partial charge in [-0.15, -0.1) is 0 Å². The van der Waals surface area contributed by atoms with Crippen molar-refractivity contribution >= 4 is 16.9 Å². The molecule has 0 spiro atoms. The average Bonchev–Trinajstić information content (AvgIpc) is 2.94. The second-order valence-electron chi connectivity index (χ2n) is 5.34. The zero-order chi connectivity index (χ0) is 14.8. The minimum absolute atomic E-state index is 0.168. The molecule has 2 heterocycles. The van der Waals surface area contributed by atoms with Crippen molar-refractivity contribution in [1.82, 2.24) is 20.2 Å². The quantitative estimate of drug-likeness (QED) is 0.928. The van der Waals surface area contributed by atoms with Crippen LogP contribution in [0.15, 0.2) is 24.5 Å². The molecule has 1 saturated heterocycles. The highest BCUT2D eigenvalue weighted by molar-refractivity contribution is 6.04. The standard InChI is InChI=1S/C15H17FN4O/c1-17-8-10-2-5-20(9-10)15(21)12-6-11(16)7-13-14(12)19-4-3-18-13/h3-4,6-7,10,17H,2,5,8-9H2,1H3/t10-/m1/s1. The number of nitrogens with one attached hydrogen (secondary N) is 1. The lowest BCUT2D eigenvalue weighted by atomic mass is 10.1. The largest absolute Gasteiger partial charge is 0.338 e. The number of carbonyl (C=O) groups is 1. The van der Waals surface area contributed by atoms with E-state index in [4.69, 9.17) is 0 Å². The molecule has 1 aromatic heterocycles. The Morgan fingerprint density at radius 2 is 2.24 bits per heavy atom. The Balaban J connectivity index is 1.92. The van der Waals surface area contributed by atoms with Gasteiger partial charge in [-0.25, -0.2) is 4.39 Å². The SMILES string of the molecule is CNC[C@H]1CCN(C(=O)c2cc(F)cc3nccnc23)C1. The zero-order valence-corrected chi connectivity index (χ0v) is 11.8. The summed E-state index contributed by atoms with van der Waals surface area (Å²) in [5.74, 6) is -0.180. The number of hydrogen-bond acceptors (Lipinski definition) is 4. The molecular weight excluding hydrogens is 271 g/mol. The van der Waals surface area contributed by atoms with Crippen LogP contribution in [-0.4, -0.2) is 47.5 Å². The summed E-state index contributed by atoms with van der Waals surface area (Å²) in [6.45, 7) is 2.27. The Labute approximate surface area is 122 Å². The number of fused-ring (bicyclic) bond motifs is 1. The van der Waals surface area contributed by atoms with E-state index in [0.29, 0.717) is 35.6 Å². The van der Waals surface area contributed by atoms with Gasteiger partial charge in [0.2, 0.25) is 0 Å². The van der Waals surface area contributed by atoms with Gasteiger partial charge >= 0.3 is 0 Å². The van der Waals surface area contributed by atoms with Crippen molar-refractivity contribution in [2.75, 3.05) is 26.7 Å². The number of carbonyl (C=O) groups excluding carboxylic acids is 1. The number of amides is 1. The van der Waals surface area contributed by atoms with Gasteiger partial charge in [-0.1, -0.05) is 0 Å². The molecule has 0 bridgehead atoms. The van der Waals surface area contributed by atoms with Crippen LogP contribution in [0, 0.1) is 11.7 Å². The molecule has 2 aromatic rings. The third-order valence-corrected chi connectivity index (χ3v) is 3.83. The third kappa shape index (κ3) is 2.71. The maximum atomic E-state index is 13.7. The second-order valence-corrected chi connectivity index (χ2v) is 5.34. The van der Waals surface area contributed by atoms with Gasteiger partial charge in [-0.3, -0.25) is 14.8 Å². The maximum absolute atomic E-state index is 13.7. The third-order valence-electron chi connectivity index (χ3n) is 3.83. The lowest BCUT2D eigenvalue weighted by molar-refractivity contribution is 0.0788. The molecule has 1 amide bonds. The monoisotopic (exact) mass is 288 g/mol. The van der Waals surface area contributed by atoms with Gasteiger partial charge in [0.15, 0.2) is 0 Å². The molecule has 5 nitrogen and oxygen atoms in total. The van der Waals surface area contributed by atoms with Crippen LogP contribution in [0.2, 0.25) is 0 Å². The van der Waals surface area contributed by atoms with Crippen molar-refractivity contribution in [1.29, 1.82) is 0 Å². The summed E-state index contributed by atoms with van der Waals surface area (Å²) in [7, 11) is 1.90. The van der Waals surface area contributed by atoms with Crippen LogP contribution in [0.3, 0.4) is 0 Å². The topological polar surface area (TPSA) is 58.1 Å². The van der Waals surface area contributed by atoms with E-state index in [9.17, 15) is 9.18 Å². The van der Waals surface area contributed by atoms with Gasteiger partial charge in [0, 0.05) is 31.5 Å². The Hall–Kier alpha value is -2.08. The summed E-state index contributed by atoms with van der Waals surface area (Å²) >= 11 is 0.